The molecule has 3 rings (SSSR count). The topological polar surface area (TPSA) is 62.3 Å². The molecule has 1 aromatic heterocycles. The first-order valence-electron chi connectivity index (χ1n) is 5.05. The third-order valence-corrected chi connectivity index (χ3v) is 3.46. The maximum absolute atomic E-state index is 5.77. The normalized spacial score (nSPS) is 13.1. The monoisotopic (exact) mass is 295 g/mol. The van der Waals surface area contributed by atoms with Gasteiger partial charge in [-0.3, -0.25) is 4.68 Å². The fraction of sp³-hybridized carbons (Fsp3) is 0.182. The molecule has 2 heterocycles. The van der Waals surface area contributed by atoms with Crippen molar-refractivity contribution in [1.29, 1.82) is 0 Å². The third-order valence-electron chi connectivity index (χ3n) is 2.67. The van der Waals surface area contributed by atoms with E-state index >= 15 is 0 Å². The van der Waals surface area contributed by atoms with Crippen molar-refractivity contribution in [3.8, 4) is 22.8 Å². The summed E-state index contributed by atoms with van der Waals surface area (Å²) in [6.45, 7) is 0.252. The number of nitrogen functional groups attached to an aromatic ring is 1. The van der Waals surface area contributed by atoms with Gasteiger partial charge in [0.05, 0.1) is 10.2 Å². The number of rotatable bonds is 1. The molecule has 1 aliphatic rings. The van der Waals surface area contributed by atoms with Crippen LogP contribution in [0.3, 0.4) is 0 Å². The van der Waals surface area contributed by atoms with Crippen LogP contribution in [0.5, 0.6) is 11.5 Å². The van der Waals surface area contributed by atoms with Crippen molar-refractivity contribution in [3.63, 3.8) is 0 Å². The third kappa shape index (κ3) is 1.56. The van der Waals surface area contributed by atoms with E-state index in [4.69, 9.17) is 15.2 Å². The van der Waals surface area contributed by atoms with Crippen molar-refractivity contribution < 1.29 is 9.47 Å². The zero-order valence-corrected chi connectivity index (χ0v) is 10.7. The number of benzene rings is 1. The van der Waals surface area contributed by atoms with Gasteiger partial charge in [0.15, 0.2) is 11.5 Å². The Labute approximate surface area is 106 Å². The number of halogens is 1. The number of ether oxygens (including phenoxy) is 2. The number of fused-ring (bicyclic) bond motifs is 1. The largest absolute Gasteiger partial charge is 0.454 e. The summed E-state index contributed by atoms with van der Waals surface area (Å²) in [4.78, 5) is 0. The second-order valence-electron chi connectivity index (χ2n) is 3.74. The molecule has 0 radical (unpaired) electrons. The molecule has 0 saturated heterocycles. The maximum Gasteiger partial charge on any atom is 0.231 e. The van der Waals surface area contributed by atoms with Gasteiger partial charge in [-0.25, -0.2) is 0 Å². The van der Waals surface area contributed by atoms with E-state index in [1.54, 1.807) is 11.7 Å². The molecule has 0 atom stereocenters. The molecular weight excluding hydrogens is 286 g/mol. The molecule has 88 valence electrons. The molecule has 6 heteroatoms. The lowest BCUT2D eigenvalue weighted by molar-refractivity contribution is 0.173. The van der Waals surface area contributed by atoms with Crippen LogP contribution in [-0.2, 0) is 7.05 Å². The minimum Gasteiger partial charge on any atom is -0.454 e. The Morgan fingerprint density at radius 3 is 2.94 bits per heavy atom. The van der Waals surface area contributed by atoms with Crippen LogP contribution < -0.4 is 15.2 Å². The predicted octanol–water partition coefficient (Wildman–Crippen LogP) is 2.16. The highest BCUT2D eigenvalue weighted by atomic mass is 79.9. The zero-order valence-electron chi connectivity index (χ0n) is 9.11. The number of hydrogen-bond acceptors (Lipinski definition) is 4. The van der Waals surface area contributed by atoms with Crippen LogP contribution in [0.1, 0.15) is 0 Å². The molecule has 0 bridgehead atoms. The number of nitrogens with two attached hydrogens (primary N) is 1. The van der Waals surface area contributed by atoms with Crippen LogP contribution in [0, 0.1) is 0 Å². The van der Waals surface area contributed by atoms with Crippen LogP contribution in [-0.4, -0.2) is 16.6 Å². The van der Waals surface area contributed by atoms with E-state index in [-0.39, 0.29) is 6.79 Å². The molecule has 2 aromatic rings. The number of nitrogens with zero attached hydrogens (tertiary/aromatic N) is 2. The molecule has 0 saturated carbocycles. The van der Waals surface area contributed by atoms with Gasteiger partial charge < -0.3 is 15.2 Å². The average Bonchev–Trinajstić information content (AvgIpc) is 2.88. The van der Waals surface area contributed by atoms with Gasteiger partial charge in [-0.2, -0.15) is 5.10 Å². The van der Waals surface area contributed by atoms with Gasteiger partial charge in [-0.15, -0.1) is 0 Å². The lowest BCUT2D eigenvalue weighted by atomic mass is 10.1. The Kier molecular flexibility index (Phi) is 2.25. The Balaban J connectivity index is 2.15. The van der Waals surface area contributed by atoms with Crippen LogP contribution in [0.25, 0.3) is 11.3 Å². The highest BCUT2D eigenvalue weighted by Gasteiger charge is 2.21. The van der Waals surface area contributed by atoms with Crippen molar-refractivity contribution in [2.24, 2.45) is 7.05 Å². The summed E-state index contributed by atoms with van der Waals surface area (Å²) >= 11 is 3.51. The lowest BCUT2D eigenvalue weighted by Crippen LogP contribution is -1.96. The summed E-state index contributed by atoms with van der Waals surface area (Å²) in [6.07, 6.45) is 0. The average molecular weight is 296 g/mol. The molecule has 0 amide bonds. The molecule has 5 nitrogen and oxygen atoms in total. The van der Waals surface area contributed by atoms with Crippen molar-refractivity contribution in [3.05, 3.63) is 22.7 Å². The Morgan fingerprint density at radius 1 is 1.41 bits per heavy atom. The molecule has 1 aromatic carbocycles. The molecule has 0 unspecified atom stereocenters. The number of aryl methyl sites for hydroxylation is 1. The second kappa shape index (κ2) is 3.66. The molecule has 2 N–H and O–H groups in total. The summed E-state index contributed by atoms with van der Waals surface area (Å²) < 4.78 is 13.2. The Bertz CT molecular complexity index is 575. The minimum absolute atomic E-state index is 0.252. The van der Waals surface area contributed by atoms with Crippen LogP contribution >= 0.6 is 15.9 Å². The van der Waals surface area contributed by atoms with E-state index < -0.39 is 0 Å². The van der Waals surface area contributed by atoms with Crippen LogP contribution in [0.2, 0.25) is 0 Å². The highest BCUT2D eigenvalue weighted by Crippen LogP contribution is 2.44. The van der Waals surface area contributed by atoms with Crippen molar-refractivity contribution in [2.75, 3.05) is 12.5 Å². The van der Waals surface area contributed by atoms with E-state index in [0.717, 1.165) is 21.5 Å². The first kappa shape index (κ1) is 10.5. The Hall–Kier alpha value is -1.69. The van der Waals surface area contributed by atoms with Crippen molar-refractivity contribution in [2.45, 2.75) is 0 Å². The standard InChI is InChI=1S/C11H10BrN3O2/c1-15-9(13)4-7(14-15)6-2-3-8-11(10(6)12)17-5-16-8/h2-4H,5,13H2,1H3. The van der Waals surface area contributed by atoms with Gasteiger partial charge in [0.25, 0.3) is 0 Å². The van der Waals surface area contributed by atoms with Gasteiger partial charge >= 0.3 is 0 Å². The lowest BCUT2D eigenvalue weighted by Gasteiger charge is -2.04. The van der Waals surface area contributed by atoms with Gasteiger partial charge in [0.1, 0.15) is 5.82 Å². The van der Waals surface area contributed by atoms with Crippen molar-refractivity contribution in [1.82, 2.24) is 9.78 Å². The van der Waals surface area contributed by atoms with Crippen LogP contribution in [0.4, 0.5) is 5.82 Å². The van der Waals surface area contributed by atoms with E-state index in [2.05, 4.69) is 21.0 Å². The Morgan fingerprint density at radius 2 is 2.24 bits per heavy atom. The van der Waals surface area contributed by atoms with Crippen molar-refractivity contribution >= 4 is 21.7 Å². The van der Waals surface area contributed by atoms with Crippen LogP contribution in [0.15, 0.2) is 22.7 Å². The first-order chi connectivity index (χ1) is 8.16. The number of anilines is 1. The van der Waals surface area contributed by atoms with E-state index in [9.17, 15) is 0 Å². The number of aromatic nitrogens is 2. The molecular formula is C11H10BrN3O2. The number of hydrogen-bond donors (Lipinski definition) is 1. The summed E-state index contributed by atoms with van der Waals surface area (Å²) in [5.74, 6) is 2.07. The van der Waals surface area contributed by atoms with Gasteiger partial charge in [-0.1, -0.05) is 0 Å². The summed E-state index contributed by atoms with van der Waals surface area (Å²) in [7, 11) is 1.81. The fourth-order valence-corrected chi connectivity index (χ4v) is 2.39. The molecule has 1 aliphatic heterocycles. The maximum atomic E-state index is 5.77. The smallest absolute Gasteiger partial charge is 0.231 e. The van der Waals surface area contributed by atoms with E-state index in [1.807, 2.05) is 18.2 Å². The van der Waals surface area contributed by atoms with E-state index in [0.29, 0.717) is 11.6 Å². The van der Waals surface area contributed by atoms with Gasteiger partial charge in [0.2, 0.25) is 6.79 Å². The summed E-state index contributed by atoms with van der Waals surface area (Å²) in [6, 6.07) is 5.62. The molecule has 17 heavy (non-hydrogen) atoms. The molecule has 0 spiro atoms. The summed E-state index contributed by atoms with van der Waals surface area (Å²) in [5, 5.41) is 4.33. The second-order valence-corrected chi connectivity index (χ2v) is 4.53. The van der Waals surface area contributed by atoms with E-state index in [1.165, 1.54) is 0 Å². The zero-order chi connectivity index (χ0) is 12.0. The molecule has 0 aliphatic carbocycles. The molecule has 0 fully saturated rings. The summed E-state index contributed by atoms with van der Waals surface area (Å²) in [5.41, 5.74) is 7.50. The minimum atomic E-state index is 0.252. The first-order valence-corrected chi connectivity index (χ1v) is 5.84. The predicted molar refractivity (Wildman–Crippen MR) is 66.9 cm³/mol. The van der Waals surface area contributed by atoms with Gasteiger partial charge in [0, 0.05) is 18.7 Å². The fourth-order valence-electron chi connectivity index (χ4n) is 1.75. The quantitative estimate of drug-likeness (QED) is 0.876. The SMILES string of the molecule is Cn1nc(-c2ccc3c(c2Br)OCO3)cc1N. The highest BCUT2D eigenvalue weighted by molar-refractivity contribution is 9.10. The van der Waals surface area contributed by atoms with Gasteiger partial charge in [-0.05, 0) is 28.1 Å².